The summed E-state index contributed by atoms with van der Waals surface area (Å²) in [7, 11) is 0. The summed E-state index contributed by atoms with van der Waals surface area (Å²) >= 11 is 19.2. The lowest BCUT2D eigenvalue weighted by Gasteiger charge is -2.11. The van der Waals surface area contributed by atoms with Crippen molar-refractivity contribution in [3.63, 3.8) is 0 Å². The molecule has 0 aliphatic rings. The van der Waals surface area contributed by atoms with E-state index in [1.54, 1.807) is 37.3 Å². The van der Waals surface area contributed by atoms with Crippen LogP contribution < -0.4 is 5.32 Å². The molecule has 5 nitrogen and oxygen atoms in total. The highest BCUT2D eigenvalue weighted by atomic mass is 35.5. The number of halogens is 3. The molecule has 3 aromatic rings. The van der Waals surface area contributed by atoms with E-state index in [4.69, 9.17) is 39.2 Å². The topological polar surface area (TPSA) is 68.0 Å². The maximum Gasteiger partial charge on any atom is 0.277 e. The summed E-state index contributed by atoms with van der Waals surface area (Å²) in [5, 5.41) is 11.8. The Balaban J connectivity index is 1.67. The van der Waals surface area contributed by atoms with Crippen LogP contribution in [0.5, 0.6) is 0 Å². The minimum atomic E-state index is -0.485. The van der Waals surface area contributed by atoms with Crippen LogP contribution in [-0.4, -0.2) is 21.4 Å². The van der Waals surface area contributed by atoms with Crippen molar-refractivity contribution in [2.45, 2.75) is 17.4 Å². The summed E-state index contributed by atoms with van der Waals surface area (Å²) in [6, 6.07) is 12.0. The number of hydrogen-bond donors (Lipinski definition) is 1. The first kappa shape index (κ1) is 19.0. The number of aromatic nitrogens is 2. The van der Waals surface area contributed by atoms with Gasteiger partial charge in [-0.15, -0.1) is 10.2 Å². The SMILES string of the molecule is CC(Sc1nnc(-c2ccccc2Cl)o1)C(=O)Nc1ccc(Cl)cc1Cl. The van der Waals surface area contributed by atoms with E-state index in [1.165, 1.54) is 0 Å². The van der Waals surface area contributed by atoms with Crippen molar-refractivity contribution in [1.29, 1.82) is 0 Å². The largest absolute Gasteiger partial charge is 0.411 e. The molecule has 0 aliphatic carbocycles. The summed E-state index contributed by atoms with van der Waals surface area (Å²) in [5.74, 6) is 0.0446. The molecule has 1 heterocycles. The van der Waals surface area contributed by atoms with E-state index in [0.29, 0.717) is 32.2 Å². The zero-order chi connectivity index (χ0) is 18.7. The normalized spacial score (nSPS) is 12.0. The smallest absolute Gasteiger partial charge is 0.277 e. The number of nitrogens with zero attached hydrogens (tertiary/aromatic N) is 2. The average molecular weight is 429 g/mol. The standard InChI is InChI=1S/C17H12Cl3N3O2S/c1-9(15(24)21-14-7-6-10(18)8-13(14)20)26-17-23-22-16(25-17)11-4-2-3-5-12(11)19/h2-9H,1H3,(H,21,24). The lowest BCUT2D eigenvalue weighted by atomic mass is 10.2. The molecule has 0 bridgehead atoms. The van der Waals surface area contributed by atoms with Gasteiger partial charge in [0.2, 0.25) is 11.8 Å². The van der Waals surface area contributed by atoms with Crippen molar-refractivity contribution in [3.05, 3.63) is 57.5 Å². The Morgan fingerprint density at radius 3 is 2.62 bits per heavy atom. The van der Waals surface area contributed by atoms with Crippen molar-refractivity contribution >= 4 is 58.2 Å². The number of nitrogens with one attached hydrogen (secondary N) is 1. The van der Waals surface area contributed by atoms with Gasteiger partial charge in [0.1, 0.15) is 0 Å². The van der Waals surface area contributed by atoms with Gasteiger partial charge < -0.3 is 9.73 Å². The molecule has 0 saturated heterocycles. The fourth-order valence-corrected chi connectivity index (χ4v) is 3.39. The van der Waals surface area contributed by atoms with Crippen molar-refractivity contribution < 1.29 is 9.21 Å². The van der Waals surface area contributed by atoms with Gasteiger partial charge >= 0.3 is 0 Å². The Morgan fingerprint density at radius 2 is 1.88 bits per heavy atom. The number of amides is 1. The van der Waals surface area contributed by atoms with Crippen molar-refractivity contribution in [2.75, 3.05) is 5.32 Å². The van der Waals surface area contributed by atoms with E-state index in [9.17, 15) is 4.79 Å². The van der Waals surface area contributed by atoms with E-state index < -0.39 is 5.25 Å². The van der Waals surface area contributed by atoms with E-state index in [1.807, 2.05) is 12.1 Å². The lowest BCUT2D eigenvalue weighted by molar-refractivity contribution is -0.115. The van der Waals surface area contributed by atoms with E-state index >= 15 is 0 Å². The second-order valence-electron chi connectivity index (χ2n) is 5.23. The summed E-state index contributed by atoms with van der Waals surface area (Å²) in [6.45, 7) is 1.73. The second kappa shape index (κ2) is 8.31. The van der Waals surface area contributed by atoms with Crippen LogP contribution in [0.2, 0.25) is 15.1 Å². The molecule has 3 rings (SSSR count). The third-order valence-electron chi connectivity index (χ3n) is 3.35. The van der Waals surface area contributed by atoms with Crippen LogP contribution in [0.3, 0.4) is 0 Å². The summed E-state index contributed by atoms with van der Waals surface area (Å²) in [6.07, 6.45) is 0. The van der Waals surface area contributed by atoms with E-state index in [0.717, 1.165) is 11.8 Å². The third kappa shape index (κ3) is 4.51. The molecule has 2 aromatic carbocycles. The molecule has 9 heteroatoms. The van der Waals surface area contributed by atoms with Crippen molar-refractivity contribution in [1.82, 2.24) is 10.2 Å². The minimum absolute atomic E-state index is 0.253. The highest BCUT2D eigenvalue weighted by Crippen LogP contribution is 2.31. The molecule has 1 N–H and O–H groups in total. The monoisotopic (exact) mass is 427 g/mol. The first-order valence-corrected chi connectivity index (χ1v) is 9.46. The quantitative estimate of drug-likeness (QED) is 0.519. The number of carbonyl (C=O) groups is 1. The van der Waals surface area contributed by atoms with Crippen molar-refractivity contribution in [2.24, 2.45) is 0 Å². The predicted molar refractivity (Wildman–Crippen MR) is 105 cm³/mol. The predicted octanol–water partition coefficient (Wildman–Crippen LogP) is 5.82. The maximum atomic E-state index is 12.4. The molecule has 1 unspecified atom stereocenters. The number of thioether (sulfide) groups is 1. The molecule has 26 heavy (non-hydrogen) atoms. The molecule has 134 valence electrons. The van der Waals surface area contributed by atoms with Gasteiger partial charge in [-0.1, -0.05) is 58.7 Å². The zero-order valence-corrected chi connectivity index (χ0v) is 16.5. The average Bonchev–Trinajstić information content (AvgIpc) is 3.06. The number of benzene rings is 2. The Labute approximate surface area is 169 Å². The molecular formula is C17H12Cl3N3O2S. The van der Waals surface area contributed by atoms with Gasteiger partial charge in [0.25, 0.3) is 5.22 Å². The Kier molecular flexibility index (Phi) is 6.09. The van der Waals surface area contributed by atoms with Gasteiger partial charge in [0.15, 0.2) is 0 Å². The Hall–Kier alpha value is -1.73. The first-order valence-electron chi connectivity index (χ1n) is 7.45. The van der Waals surface area contributed by atoms with Gasteiger partial charge in [-0.2, -0.15) is 0 Å². The molecular weight excluding hydrogens is 417 g/mol. The van der Waals surface area contributed by atoms with Gasteiger partial charge in [-0.3, -0.25) is 4.79 Å². The number of anilines is 1. The molecule has 0 aliphatic heterocycles. The van der Waals surface area contributed by atoms with Crippen LogP contribution in [0.4, 0.5) is 5.69 Å². The van der Waals surface area contributed by atoms with Crippen LogP contribution in [0, 0.1) is 0 Å². The highest BCUT2D eigenvalue weighted by Gasteiger charge is 2.20. The maximum absolute atomic E-state index is 12.4. The second-order valence-corrected chi connectivity index (χ2v) is 7.77. The fraction of sp³-hybridized carbons (Fsp3) is 0.118. The number of hydrogen-bond acceptors (Lipinski definition) is 5. The summed E-state index contributed by atoms with van der Waals surface area (Å²) in [5.41, 5.74) is 1.12. The number of carbonyl (C=O) groups excluding carboxylic acids is 1. The van der Waals surface area contributed by atoms with Crippen LogP contribution >= 0.6 is 46.6 Å². The molecule has 0 fully saturated rings. The van der Waals surface area contributed by atoms with Crippen LogP contribution in [0.25, 0.3) is 11.5 Å². The molecule has 0 radical (unpaired) electrons. The van der Waals surface area contributed by atoms with Gasteiger partial charge in [-0.05, 0) is 37.3 Å². The Bertz CT molecular complexity index is 949. The lowest BCUT2D eigenvalue weighted by Crippen LogP contribution is -2.22. The molecule has 1 aromatic heterocycles. The van der Waals surface area contributed by atoms with Gasteiger partial charge in [-0.25, -0.2) is 0 Å². The molecule has 0 saturated carbocycles. The van der Waals surface area contributed by atoms with E-state index in [2.05, 4.69) is 15.5 Å². The summed E-state index contributed by atoms with van der Waals surface area (Å²) in [4.78, 5) is 12.4. The van der Waals surface area contributed by atoms with Crippen LogP contribution in [0.15, 0.2) is 52.1 Å². The Morgan fingerprint density at radius 1 is 1.12 bits per heavy atom. The van der Waals surface area contributed by atoms with Crippen molar-refractivity contribution in [3.8, 4) is 11.5 Å². The zero-order valence-electron chi connectivity index (χ0n) is 13.4. The van der Waals surface area contributed by atoms with Gasteiger partial charge in [0, 0.05) is 5.02 Å². The molecule has 1 atom stereocenters. The molecule has 0 spiro atoms. The third-order valence-corrected chi connectivity index (χ3v) is 5.16. The van der Waals surface area contributed by atoms with E-state index in [-0.39, 0.29) is 11.1 Å². The molecule has 1 amide bonds. The van der Waals surface area contributed by atoms with Gasteiger partial charge in [0.05, 0.1) is 26.5 Å². The summed E-state index contributed by atoms with van der Waals surface area (Å²) < 4.78 is 5.59. The first-order chi connectivity index (χ1) is 12.4. The highest BCUT2D eigenvalue weighted by molar-refractivity contribution is 8.00. The van der Waals surface area contributed by atoms with Crippen LogP contribution in [-0.2, 0) is 4.79 Å². The minimum Gasteiger partial charge on any atom is -0.411 e. The number of rotatable bonds is 5. The van der Waals surface area contributed by atoms with Crippen LogP contribution in [0.1, 0.15) is 6.92 Å². The fourth-order valence-electron chi connectivity index (χ4n) is 2.03.